The number of carbonyl (C=O) groups excluding carboxylic acids is 1. The Bertz CT molecular complexity index is 207. The quantitative estimate of drug-likeness (QED) is 0.520. The van der Waals surface area contributed by atoms with Crippen molar-refractivity contribution in [3.05, 3.63) is 0 Å². The summed E-state index contributed by atoms with van der Waals surface area (Å²) in [6, 6.07) is 0. The smallest absolute Gasteiger partial charge is 0.329 e. The van der Waals surface area contributed by atoms with Crippen LogP contribution in [0.25, 0.3) is 0 Å². The fraction of sp³-hybridized carbons (Fsp3) is 0.800. The van der Waals surface area contributed by atoms with Crippen molar-refractivity contribution in [1.29, 1.82) is 0 Å². The second-order valence-corrected chi connectivity index (χ2v) is 3.16. The van der Waals surface area contributed by atoms with Gasteiger partial charge in [-0.3, -0.25) is 4.79 Å². The highest BCUT2D eigenvalue weighted by atomic mass is 16.5. The van der Waals surface area contributed by atoms with E-state index in [1.54, 1.807) is 0 Å². The van der Waals surface area contributed by atoms with Crippen molar-refractivity contribution in [2.75, 3.05) is 33.0 Å². The van der Waals surface area contributed by atoms with E-state index in [1.807, 2.05) is 6.92 Å². The van der Waals surface area contributed by atoms with Crippen LogP contribution in [0.2, 0.25) is 0 Å². The van der Waals surface area contributed by atoms with Gasteiger partial charge in [-0.25, -0.2) is 4.79 Å². The molecule has 6 heteroatoms. The van der Waals surface area contributed by atoms with Gasteiger partial charge >= 0.3 is 5.97 Å². The highest BCUT2D eigenvalue weighted by Crippen LogP contribution is 1.85. The van der Waals surface area contributed by atoms with Gasteiger partial charge in [0, 0.05) is 13.0 Å². The Hall–Kier alpha value is -1.14. The molecule has 0 radical (unpaired) electrons. The molecule has 0 heterocycles. The Morgan fingerprint density at radius 2 is 1.88 bits per heavy atom. The van der Waals surface area contributed by atoms with Gasteiger partial charge in [0.1, 0.15) is 6.61 Å². The average Bonchev–Trinajstić information content (AvgIpc) is 2.22. The van der Waals surface area contributed by atoms with E-state index in [0.29, 0.717) is 26.2 Å². The molecule has 0 aromatic carbocycles. The van der Waals surface area contributed by atoms with Crippen LogP contribution in [-0.4, -0.2) is 50.0 Å². The minimum Gasteiger partial charge on any atom is -0.480 e. The van der Waals surface area contributed by atoms with E-state index < -0.39 is 5.97 Å². The van der Waals surface area contributed by atoms with Gasteiger partial charge in [-0.05, 0) is 6.42 Å². The molecular formula is C10H19NO5. The molecule has 0 fully saturated rings. The minimum atomic E-state index is -0.994. The third-order valence-electron chi connectivity index (χ3n) is 1.64. The second kappa shape index (κ2) is 10.4. The van der Waals surface area contributed by atoms with Crippen LogP contribution in [0.1, 0.15) is 19.8 Å². The lowest BCUT2D eigenvalue weighted by molar-refractivity contribution is -0.142. The first-order valence-electron chi connectivity index (χ1n) is 5.30. The molecule has 0 rings (SSSR count). The third-order valence-corrected chi connectivity index (χ3v) is 1.64. The maximum atomic E-state index is 11.0. The Balaban J connectivity index is 3.09. The van der Waals surface area contributed by atoms with E-state index in [2.05, 4.69) is 5.32 Å². The number of hydrogen-bond donors (Lipinski definition) is 2. The molecule has 0 saturated carbocycles. The van der Waals surface area contributed by atoms with Crippen LogP contribution >= 0.6 is 0 Å². The van der Waals surface area contributed by atoms with Gasteiger partial charge in [0.25, 0.3) is 0 Å². The van der Waals surface area contributed by atoms with Crippen molar-refractivity contribution in [2.45, 2.75) is 19.8 Å². The number of carbonyl (C=O) groups is 2. The van der Waals surface area contributed by atoms with E-state index in [-0.39, 0.29) is 19.1 Å². The lowest BCUT2D eigenvalue weighted by atomic mass is 10.3. The number of hydrogen-bond acceptors (Lipinski definition) is 4. The Morgan fingerprint density at radius 1 is 1.19 bits per heavy atom. The first kappa shape index (κ1) is 14.9. The summed E-state index contributed by atoms with van der Waals surface area (Å²) in [6.45, 7) is 3.09. The maximum Gasteiger partial charge on any atom is 0.329 e. The Kier molecular flexibility index (Phi) is 9.64. The van der Waals surface area contributed by atoms with E-state index in [0.717, 1.165) is 6.42 Å². The molecule has 0 aromatic rings. The SMILES string of the molecule is CCCC(=O)NCCOCCOCC(=O)O. The first-order valence-corrected chi connectivity index (χ1v) is 5.30. The average molecular weight is 233 g/mol. The van der Waals surface area contributed by atoms with Crippen molar-refractivity contribution in [3.8, 4) is 0 Å². The van der Waals surface area contributed by atoms with Gasteiger partial charge in [-0.2, -0.15) is 0 Å². The molecule has 0 aliphatic rings. The monoisotopic (exact) mass is 233 g/mol. The number of carboxylic acid groups (broad SMARTS) is 1. The first-order chi connectivity index (χ1) is 7.66. The number of amides is 1. The maximum absolute atomic E-state index is 11.0. The molecule has 0 spiro atoms. The van der Waals surface area contributed by atoms with Gasteiger partial charge in [0.2, 0.25) is 5.91 Å². The van der Waals surface area contributed by atoms with Gasteiger partial charge in [-0.1, -0.05) is 6.92 Å². The summed E-state index contributed by atoms with van der Waals surface area (Å²) in [7, 11) is 0. The highest BCUT2D eigenvalue weighted by molar-refractivity contribution is 5.75. The van der Waals surface area contributed by atoms with Crippen LogP contribution in [0.4, 0.5) is 0 Å². The lowest BCUT2D eigenvalue weighted by Gasteiger charge is -2.05. The Morgan fingerprint density at radius 3 is 2.50 bits per heavy atom. The number of nitrogens with one attached hydrogen (secondary N) is 1. The van der Waals surface area contributed by atoms with E-state index in [9.17, 15) is 9.59 Å². The molecule has 2 N–H and O–H groups in total. The molecule has 1 amide bonds. The molecule has 0 aromatic heterocycles. The molecule has 6 nitrogen and oxygen atoms in total. The summed E-state index contributed by atoms with van der Waals surface area (Å²) in [5, 5.41) is 10.9. The molecule has 0 aliphatic carbocycles. The summed E-state index contributed by atoms with van der Waals surface area (Å²) in [4.78, 5) is 21.1. The second-order valence-electron chi connectivity index (χ2n) is 3.16. The van der Waals surface area contributed by atoms with Crippen LogP contribution in [0.5, 0.6) is 0 Å². The molecule has 0 bridgehead atoms. The largest absolute Gasteiger partial charge is 0.480 e. The van der Waals surface area contributed by atoms with Gasteiger partial charge in [0.15, 0.2) is 0 Å². The topological polar surface area (TPSA) is 84.9 Å². The standard InChI is InChI=1S/C10H19NO5/c1-2-3-9(12)11-4-5-15-6-7-16-8-10(13)14/h2-8H2,1H3,(H,11,12)(H,13,14). The fourth-order valence-corrected chi connectivity index (χ4v) is 0.957. The van der Waals surface area contributed by atoms with Crippen LogP contribution in [-0.2, 0) is 19.1 Å². The number of aliphatic carboxylic acids is 1. The highest BCUT2D eigenvalue weighted by Gasteiger charge is 1.98. The summed E-state index contributed by atoms with van der Waals surface area (Å²) in [5.41, 5.74) is 0. The van der Waals surface area contributed by atoms with E-state index in [4.69, 9.17) is 14.6 Å². The molecular weight excluding hydrogens is 214 g/mol. The third kappa shape index (κ3) is 10.9. The fourth-order valence-electron chi connectivity index (χ4n) is 0.957. The molecule has 0 unspecified atom stereocenters. The molecule has 16 heavy (non-hydrogen) atoms. The molecule has 94 valence electrons. The molecule has 0 saturated heterocycles. The van der Waals surface area contributed by atoms with E-state index in [1.165, 1.54) is 0 Å². The molecule has 0 aliphatic heterocycles. The van der Waals surface area contributed by atoms with Crippen molar-refractivity contribution < 1.29 is 24.2 Å². The zero-order valence-electron chi connectivity index (χ0n) is 9.53. The van der Waals surface area contributed by atoms with Gasteiger partial charge in [0.05, 0.1) is 19.8 Å². The van der Waals surface area contributed by atoms with Gasteiger partial charge < -0.3 is 19.9 Å². The zero-order valence-corrected chi connectivity index (χ0v) is 9.53. The number of ether oxygens (including phenoxy) is 2. The normalized spacial score (nSPS) is 10.1. The molecule has 0 atom stereocenters. The van der Waals surface area contributed by atoms with Gasteiger partial charge in [-0.15, -0.1) is 0 Å². The van der Waals surface area contributed by atoms with Crippen molar-refractivity contribution in [3.63, 3.8) is 0 Å². The predicted octanol–water partition coefficient (Wildman–Crippen LogP) is 0.0205. The van der Waals surface area contributed by atoms with E-state index >= 15 is 0 Å². The van der Waals surface area contributed by atoms with Crippen LogP contribution in [0.15, 0.2) is 0 Å². The summed E-state index contributed by atoms with van der Waals surface area (Å²) in [6.07, 6.45) is 1.36. The summed E-state index contributed by atoms with van der Waals surface area (Å²) >= 11 is 0. The van der Waals surface area contributed by atoms with Crippen LogP contribution in [0.3, 0.4) is 0 Å². The summed E-state index contributed by atoms with van der Waals surface area (Å²) in [5.74, 6) is -0.972. The summed E-state index contributed by atoms with van der Waals surface area (Å²) < 4.78 is 9.86. The number of rotatable bonds is 10. The van der Waals surface area contributed by atoms with Crippen LogP contribution in [0, 0.1) is 0 Å². The number of carboxylic acids is 1. The Labute approximate surface area is 94.9 Å². The minimum absolute atomic E-state index is 0.0215. The lowest BCUT2D eigenvalue weighted by Crippen LogP contribution is -2.27. The van der Waals surface area contributed by atoms with Crippen molar-refractivity contribution in [2.24, 2.45) is 0 Å². The zero-order chi connectivity index (χ0) is 12.2. The van der Waals surface area contributed by atoms with Crippen molar-refractivity contribution >= 4 is 11.9 Å². The van der Waals surface area contributed by atoms with Crippen LogP contribution < -0.4 is 5.32 Å². The van der Waals surface area contributed by atoms with Crippen molar-refractivity contribution in [1.82, 2.24) is 5.32 Å². The predicted molar refractivity (Wildman–Crippen MR) is 57.2 cm³/mol.